The molecular weight excluding hydrogens is 339 g/mol. The third-order valence-corrected chi connectivity index (χ3v) is 4.02. The number of carbonyl (C=O) groups excluding carboxylic acids is 2. The molecule has 9 heteroatoms. The number of nitrogens with zero attached hydrogens (tertiary/aromatic N) is 1. The second kappa shape index (κ2) is 8.28. The maximum atomic E-state index is 12.5. The van der Waals surface area contributed by atoms with Crippen molar-refractivity contribution in [2.45, 2.75) is 50.4 Å². The van der Waals surface area contributed by atoms with Gasteiger partial charge in [-0.3, -0.25) is 14.6 Å². The van der Waals surface area contributed by atoms with E-state index in [0.717, 1.165) is 50.4 Å². The number of rotatable bonds is 5. The van der Waals surface area contributed by atoms with Crippen molar-refractivity contribution in [3.63, 3.8) is 0 Å². The number of aromatic nitrogens is 1. The number of carbonyl (C=O) groups is 2. The van der Waals surface area contributed by atoms with E-state index in [1.165, 1.54) is 0 Å². The zero-order chi connectivity index (χ0) is 18.4. The Morgan fingerprint density at radius 3 is 2.60 bits per heavy atom. The van der Waals surface area contributed by atoms with E-state index in [2.05, 4.69) is 15.6 Å². The van der Waals surface area contributed by atoms with Crippen LogP contribution in [0.25, 0.3) is 0 Å². The predicted octanol–water partition coefficient (Wildman–Crippen LogP) is 1.86. The van der Waals surface area contributed by atoms with Gasteiger partial charge in [-0.05, 0) is 30.5 Å². The van der Waals surface area contributed by atoms with Crippen LogP contribution in [0.1, 0.15) is 54.3 Å². The number of hydrogen-bond donors (Lipinski definition) is 3. The number of pyridine rings is 1. The number of alkyl halides is 3. The van der Waals surface area contributed by atoms with E-state index < -0.39 is 23.8 Å². The van der Waals surface area contributed by atoms with Gasteiger partial charge in [-0.1, -0.05) is 19.3 Å². The zero-order valence-corrected chi connectivity index (χ0v) is 13.5. The summed E-state index contributed by atoms with van der Waals surface area (Å²) >= 11 is 0. The summed E-state index contributed by atoms with van der Waals surface area (Å²) < 4.78 is 37.6. The van der Waals surface area contributed by atoms with Crippen molar-refractivity contribution in [2.24, 2.45) is 0 Å². The fourth-order valence-electron chi connectivity index (χ4n) is 2.71. The molecule has 6 nitrogen and oxygen atoms in total. The molecule has 25 heavy (non-hydrogen) atoms. The van der Waals surface area contributed by atoms with Crippen LogP contribution in [-0.2, 0) is 4.79 Å². The number of nitrogens with one attached hydrogen (secondary N) is 2. The lowest BCUT2D eigenvalue weighted by molar-refractivity contribution is -0.206. The summed E-state index contributed by atoms with van der Waals surface area (Å²) in [4.78, 5) is 27.4. The van der Waals surface area contributed by atoms with Crippen molar-refractivity contribution in [2.75, 3.05) is 6.54 Å². The molecule has 1 atom stereocenters. The minimum atomic E-state index is -4.84. The van der Waals surface area contributed by atoms with Gasteiger partial charge in [0.1, 0.15) is 5.69 Å². The molecule has 1 aromatic rings. The first-order chi connectivity index (χ1) is 11.8. The Morgan fingerprint density at radius 1 is 1.28 bits per heavy atom. The Morgan fingerprint density at radius 2 is 1.96 bits per heavy atom. The summed E-state index contributed by atoms with van der Waals surface area (Å²) in [5, 5.41) is 14.3. The molecule has 1 aromatic heterocycles. The smallest absolute Gasteiger partial charge is 0.379 e. The van der Waals surface area contributed by atoms with Gasteiger partial charge in [-0.2, -0.15) is 13.2 Å². The Labute approximate surface area is 142 Å². The van der Waals surface area contributed by atoms with Crippen LogP contribution in [0.15, 0.2) is 18.3 Å². The summed E-state index contributed by atoms with van der Waals surface area (Å²) in [5.41, 5.74) is -0.787. The standard InChI is InChI=1S/C16H20F3N3O3/c17-16(18,19)14(24)10-6-7-20-12(8-10)15(25)21-9-13(23)22-11-4-2-1-3-5-11/h6-8,11,14,24H,1-5,9H2,(H,21,25)(H,22,23). The Balaban J connectivity index is 1.89. The Kier molecular flexibility index (Phi) is 6.35. The van der Waals surface area contributed by atoms with E-state index in [9.17, 15) is 27.9 Å². The second-order valence-electron chi connectivity index (χ2n) is 6.00. The molecule has 2 rings (SSSR count). The van der Waals surface area contributed by atoms with Crippen LogP contribution in [0.5, 0.6) is 0 Å². The molecule has 1 aliphatic rings. The average molecular weight is 359 g/mol. The van der Waals surface area contributed by atoms with Crippen LogP contribution in [0, 0.1) is 0 Å². The van der Waals surface area contributed by atoms with E-state index in [1.807, 2.05) is 0 Å². The summed E-state index contributed by atoms with van der Waals surface area (Å²) in [5.74, 6) is -1.14. The molecule has 0 aromatic carbocycles. The van der Waals surface area contributed by atoms with Crippen LogP contribution in [0.4, 0.5) is 13.2 Å². The first-order valence-electron chi connectivity index (χ1n) is 8.05. The molecule has 0 radical (unpaired) electrons. The molecular formula is C16H20F3N3O3. The van der Waals surface area contributed by atoms with Crippen molar-refractivity contribution in [1.29, 1.82) is 0 Å². The van der Waals surface area contributed by atoms with E-state index >= 15 is 0 Å². The maximum absolute atomic E-state index is 12.5. The van der Waals surface area contributed by atoms with Gasteiger partial charge in [0, 0.05) is 12.2 Å². The lowest BCUT2D eigenvalue weighted by Crippen LogP contribution is -2.42. The molecule has 3 N–H and O–H groups in total. The number of halogens is 3. The average Bonchev–Trinajstić information content (AvgIpc) is 2.59. The molecule has 1 saturated carbocycles. The number of amides is 2. The van der Waals surface area contributed by atoms with Crippen LogP contribution in [0.3, 0.4) is 0 Å². The highest BCUT2D eigenvalue weighted by Gasteiger charge is 2.39. The molecule has 0 aliphatic heterocycles. The van der Waals surface area contributed by atoms with Crippen LogP contribution in [0.2, 0.25) is 0 Å². The quantitative estimate of drug-likeness (QED) is 0.748. The number of aliphatic hydroxyl groups excluding tert-OH is 1. The van der Waals surface area contributed by atoms with Crippen LogP contribution in [-0.4, -0.2) is 40.7 Å². The molecule has 1 heterocycles. The summed E-state index contributed by atoms with van der Waals surface area (Å²) in [6.07, 6.45) is -1.48. The Hall–Kier alpha value is -2.16. The second-order valence-corrected chi connectivity index (χ2v) is 6.00. The molecule has 0 saturated heterocycles. The highest BCUT2D eigenvalue weighted by molar-refractivity contribution is 5.95. The molecule has 0 spiro atoms. The third-order valence-electron chi connectivity index (χ3n) is 4.02. The normalized spacial score (nSPS) is 17.0. The molecule has 1 fully saturated rings. The molecule has 1 unspecified atom stereocenters. The number of hydrogen-bond acceptors (Lipinski definition) is 4. The first kappa shape index (κ1) is 19.2. The summed E-state index contributed by atoms with van der Waals surface area (Å²) in [6, 6.07) is 1.93. The molecule has 2 amide bonds. The lowest BCUT2D eigenvalue weighted by Gasteiger charge is -2.22. The van der Waals surface area contributed by atoms with Gasteiger partial charge in [0.25, 0.3) is 5.91 Å². The van der Waals surface area contributed by atoms with Gasteiger partial charge in [0.05, 0.1) is 6.54 Å². The fourth-order valence-corrected chi connectivity index (χ4v) is 2.71. The van der Waals surface area contributed by atoms with E-state index in [0.29, 0.717) is 0 Å². The van der Waals surface area contributed by atoms with Crippen LogP contribution < -0.4 is 10.6 Å². The molecule has 0 bridgehead atoms. The number of aliphatic hydroxyl groups is 1. The highest BCUT2D eigenvalue weighted by atomic mass is 19.4. The molecule has 1 aliphatic carbocycles. The van der Waals surface area contributed by atoms with Gasteiger partial charge in [-0.15, -0.1) is 0 Å². The lowest BCUT2D eigenvalue weighted by atomic mass is 9.95. The topological polar surface area (TPSA) is 91.3 Å². The van der Waals surface area contributed by atoms with Crippen molar-refractivity contribution in [1.82, 2.24) is 15.6 Å². The van der Waals surface area contributed by atoms with E-state index in [1.54, 1.807) is 0 Å². The van der Waals surface area contributed by atoms with Crippen molar-refractivity contribution in [3.05, 3.63) is 29.6 Å². The largest absolute Gasteiger partial charge is 0.418 e. The summed E-state index contributed by atoms with van der Waals surface area (Å²) in [7, 11) is 0. The van der Waals surface area contributed by atoms with E-state index in [4.69, 9.17) is 0 Å². The van der Waals surface area contributed by atoms with Gasteiger partial charge >= 0.3 is 6.18 Å². The van der Waals surface area contributed by atoms with Gasteiger partial charge in [0.15, 0.2) is 6.10 Å². The summed E-state index contributed by atoms with van der Waals surface area (Å²) in [6.45, 7) is -0.289. The predicted molar refractivity (Wildman–Crippen MR) is 82.6 cm³/mol. The van der Waals surface area contributed by atoms with E-state index in [-0.39, 0.29) is 24.2 Å². The van der Waals surface area contributed by atoms with Crippen molar-refractivity contribution in [3.8, 4) is 0 Å². The SMILES string of the molecule is O=C(CNC(=O)c1cc(C(O)C(F)(F)F)ccn1)NC1CCCCC1. The van der Waals surface area contributed by atoms with Gasteiger partial charge in [-0.25, -0.2) is 0 Å². The monoisotopic (exact) mass is 359 g/mol. The highest BCUT2D eigenvalue weighted by Crippen LogP contribution is 2.32. The fraction of sp³-hybridized carbons (Fsp3) is 0.562. The Bertz CT molecular complexity index is 616. The van der Waals surface area contributed by atoms with Crippen molar-refractivity contribution >= 4 is 11.8 Å². The minimum absolute atomic E-state index is 0.0986. The van der Waals surface area contributed by atoms with Crippen LogP contribution >= 0.6 is 0 Å². The first-order valence-corrected chi connectivity index (χ1v) is 8.05. The molecule has 138 valence electrons. The van der Waals surface area contributed by atoms with Crippen molar-refractivity contribution < 1.29 is 27.9 Å². The van der Waals surface area contributed by atoms with Gasteiger partial charge < -0.3 is 15.7 Å². The minimum Gasteiger partial charge on any atom is -0.379 e. The third kappa shape index (κ3) is 5.70. The maximum Gasteiger partial charge on any atom is 0.418 e. The van der Waals surface area contributed by atoms with Gasteiger partial charge in [0.2, 0.25) is 5.91 Å². The zero-order valence-electron chi connectivity index (χ0n) is 13.5.